The second kappa shape index (κ2) is 4.29. The molecule has 0 aromatic rings. The average molecular weight is 315 g/mol. The summed E-state index contributed by atoms with van der Waals surface area (Å²) < 4.78 is 0. The maximum Gasteiger partial charge on any atom is 0.241 e. The van der Waals surface area contributed by atoms with Gasteiger partial charge in [0.15, 0.2) is 0 Å². The van der Waals surface area contributed by atoms with Crippen LogP contribution in [-0.4, -0.2) is 39.6 Å². The molecule has 6 aliphatic rings. The molecule has 0 aromatic carbocycles. The first-order valence-electron chi connectivity index (χ1n) is 9.13. The SMILES string of the molecule is N#C[C@H]1C[C@H]2C[C@H]2N1C(=O)[C@@H](N)C12CC3CC(CC(O)(C3)C1)C2. The second-order valence-electron chi connectivity index (χ2n) is 9.21. The van der Waals surface area contributed by atoms with Crippen LogP contribution in [-0.2, 0) is 4.79 Å². The number of nitrogens with zero attached hydrogens (tertiary/aromatic N) is 2. The largest absolute Gasteiger partial charge is 0.390 e. The van der Waals surface area contributed by atoms with Gasteiger partial charge < -0.3 is 15.7 Å². The van der Waals surface area contributed by atoms with E-state index in [0.717, 1.165) is 38.5 Å². The Morgan fingerprint density at radius 2 is 1.91 bits per heavy atom. The number of amides is 1. The van der Waals surface area contributed by atoms with Gasteiger partial charge in [-0.25, -0.2) is 0 Å². The van der Waals surface area contributed by atoms with Crippen molar-refractivity contribution in [3.05, 3.63) is 0 Å². The highest BCUT2D eigenvalue weighted by atomic mass is 16.3. The summed E-state index contributed by atoms with van der Waals surface area (Å²) in [4.78, 5) is 14.9. The zero-order chi connectivity index (χ0) is 16.0. The van der Waals surface area contributed by atoms with Gasteiger partial charge in [-0.1, -0.05) is 0 Å². The van der Waals surface area contributed by atoms with E-state index in [1.807, 2.05) is 0 Å². The first kappa shape index (κ1) is 14.2. The Hall–Kier alpha value is -1.12. The van der Waals surface area contributed by atoms with Crippen LogP contribution >= 0.6 is 0 Å². The van der Waals surface area contributed by atoms with Crippen molar-refractivity contribution in [3.8, 4) is 6.07 Å². The molecule has 3 N–H and O–H groups in total. The Bertz CT molecular complexity index is 598. The molecule has 6 fully saturated rings. The molecule has 5 heteroatoms. The van der Waals surface area contributed by atoms with Crippen molar-refractivity contribution in [2.75, 3.05) is 0 Å². The van der Waals surface area contributed by atoms with Crippen LogP contribution in [0.3, 0.4) is 0 Å². The van der Waals surface area contributed by atoms with Gasteiger partial charge in [-0.3, -0.25) is 4.79 Å². The molecule has 1 saturated heterocycles. The number of nitrogens with two attached hydrogens (primary N) is 1. The van der Waals surface area contributed by atoms with Crippen LogP contribution < -0.4 is 5.73 Å². The molecule has 5 saturated carbocycles. The third-order valence-corrected chi connectivity index (χ3v) is 7.51. The number of rotatable bonds is 2. The number of nitriles is 1. The van der Waals surface area contributed by atoms with Crippen molar-refractivity contribution < 1.29 is 9.90 Å². The standard InChI is InChI=1S/C18H25N3O2/c19-8-13-2-12-3-14(12)21(13)16(22)15(20)17-4-10-1-11(5-17)7-18(23,6-10)9-17/h10-15,23H,1-7,9,20H2/t10?,11?,12-,13+,14+,15+,17?,18?/m0/s1. The van der Waals surface area contributed by atoms with E-state index in [1.54, 1.807) is 4.90 Å². The summed E-state index contributed by atoms with van der Waals surface area (Å²) in [5.41, 5.74) is 5.71. The first-order valence-corrected chi connectivity index (χ1v) is 9.13. The quantitative estimate of drug-likeness (QED) is 0.800. The van der Waals surface area contributed by atoms with E-state index in [1.165, 1.54) is 6.42 Å². The predicted molar refractivity (Wildman–Crippen MR) is 82.8 cm³/mol. The zero-order valence-corrected chi connectivity index (χ0v) is 13.4. The lowest BCUT2D eigenvalue weighted by molar-refractivity contribution is -0.177. The van der Waals surface area contributed by atoms with Gasteiger partial charge in [0.05, 0.1) is 17.7 Å². The van der Waals surface area contributed by atoms with Crippen LogP contribution in [0, 0.1) is 34.5 Å². The Morgan fingerprint density at radius 3 is 2.52 bits per heavy atom. The molecule has 23 heavy (non-hydrogen) atoms. The molecule has 6 atom stereocenters. The second-order valence-corrected chi connectivity index (χ2v) is 9.21. The van der Waals surface area contributed by atoms with Crippen LogP contribution in [0.4, 0.5) is 0 Å². The van der Waals surface area contributed by atoms with Crippen LogP contribution in [0.1, 0.15) is 51.4 Å². The van der Waals surface area contributed by atoms with E-state index in [2.05, 4.69) is 6.07 Å². The molecule has 2 unspecified atom stereocenters. The fourth-order valence-corrected chi connectivity index (χ4v) is 6.96. The van der Waals surface area contributed by atoms with E-state index < -0.39 is 11.6 Å². The van der Waals surface area contributed by atoms with Crippen LogP contribution in [0.25, 0.3) is 0 Å². The Balaban J connectivity index is 1.43. The highest BCUT2D eigenvalue weighted by Gasteiger charge is 2.62. The van der Waals surface area contributed by atoms with E-state index in [9.17, 15) is 15.2 Å². The van der Waals surface area contributed by atoms with Gasteiger partial charge in [-0.2, -0.15) is 5.26 Å². The zero-order valence-electron chi connectivity index (χ0n) is 13.4. The average Bonchev–Trinajstić information content (AvgIpc) is 3.14. The lowest BCUT2D eigenvalue weighted by atomic mass is 9.46. The van der Waals surface area contributed by atoms with Crippen LogP contribution in [0.5, 0.6) is 0 Å². The summed E-state index contributed by atoms with van der Waals surface area (Å²) in [6.07, 6.45) is 7.48. The fraction of sp³-hybridized carbons (Fsp3) is 0.889. The number of hydrogen-bond donors (Lipinski definition) is 2. The highest BCUT2D eigenvalue weighted by Crippen LogP contribution is 2.63. The smallest absolute Gasteiger partial charge is 0.241 e. The molecule has 0 radical (unpaired) electrons. The van der Waals surface area contributed by atoms with Crippen molar-refractivity contribution in [2.45, 2.75) is 75.1 Å². The third kappa shape index (κ3) is 1.88. The minimum atomic E-state index is -0.594. The number of aliphatic hydroxyl groups is 1. The van der Waals surface area contributed by atoms with Crippen LogP contribution in [0.2, 0.25) is 0 Å². The first-order chi connectivity index (χ1) is 10.9. The van der Waals surface area contributed by atoms with Gasteiger partial charge in [0, 0.05) is 6.04 Å². The molecule has 5 aliphatic carbocycles. The molecular weight excluding hydrogens is 290 g/mol. The normalized spacial score (nSPS) is 53.8. The van der Waals surface area contributed by atoms with Crippen molar-refractivity contribution in [1.82, 2.24) is 4.90 Å². The number of likely N-dealkylation sites (tertiary alicyclic amines) is 1. The topological polar surface area (TPSA) is 90.4 Å². The van der Waals surface area contributed by atoms with Crippen LogP contribution in [0.15, 0.2) is 0 Å². The van der Waals surface area contributed by atoms with Crippen molar-refractivity contribution in [1.29, 1.82) is 5.26 Å². The van der Waals surface area contributed by atoms with E-state index in [-0.39, 0.29) is 23.4 Å². The van der Waals surface area contributed by atoms with Crippen molar-refractivity contribution in [3.63, 3.8) is 0 Å². The van der Waals surface area contributed by atoms with Gasteiger partial charge in [0.25, 0.3) is 0 Å². The van der Waals surface area contributed by atoms with Gasteiger partial charge >= 0.3 is 0 Å². The number of carbonyl (C=O) groups is 1. The molecule has 4 bridgehead atoms. The monoisotopic (exact) mass is 315 g/mol. The Morgan fingerprint density at radius 1 is 1.22 bits per heavy atom. The number of fused-ring (bicyclic) bond motifs is 1. The van der Waals surface area contributed by atoms with Gasteiger partial charge in [-0.05, 0) is 74.5 Å². The van der Waals surface area contributed by atoms with E-state index in [0.29, 0.717) is 24.2 Å². The van der Waals surface area contributed by atoms with Gasteiger partial charge in [-0.15, -0.1) is 0 Å². The Labute approximate surface area is 136 Å². The summed E-state index contributed by atoms with van der Waals surface area (Å²) in [6.45, 7) is 0. The minimum absolute atomic E-state index is 0.0212. The summed E-state index contributed by atoms with van der Waals surface area (Å²) in [5.74, 6) is 1.56. The molecule has 0 spiro atoms. The molecule has 1 heterocycles. The lowest BCUT2D eigenvalue weighted by Gasteiger charge is -2.61. The molecular formula is C18H25N3O2. The number of carbonyl (C=O) groups excluding carboxylic acids is 1. The molecule has 1 aliphatic heterocycles. The van der Waals surface area contributed by atoms with Crippen molar-refractivity contribution >= 4 is 5.91 Å². The van der Waals surface area contributed by atoms with E-state index >= 15 is 0 Å². The van der Waals surface area contributed by atoms with Crippen molar-refractivity contribution in [2.24, 2.45) is 28.9 Å². The summed E-state index contributed by atoms with van der Waals surface area (Å²) in [7, 11) is 0. The lowest BCUT2D eigenvalue weighted by Crippen LogP contribution is -2.64. The summed E-state index contributed by atoms with van der Waals surface area (Å²) >= 11 is 0. The fourth-order valence-electron chi connectivity index (χ4n) is 6.96. The Kier molecular flexibility index (Phi) is 2.65. The molecule has 6 rings (SSSR count). The maximum absolute atomic E-state index is 13.1. The summed E-state index contributed by atoms with van der Waals surface area (Å²) in [5, 5.41) is 20.2. The molecule has 5 nitrogen and oxygen atoms in total. The number of piperidine rings is 1. The maximum atomic E-state index is 13.1. The molecule has 1 amide bonds. The predicted octanol–water partition coefficient (Wildman–Crippen LogP) is 1.16. The molecule has 0 aromatic heterocycles. The molecule has 124 valence electrons. The highest BCUT2D eigenvalue weighted by molar-refractivity contribution is 5.84. The number of hydrogen-bond acceptors (Lipinski definition) is 4. The summed E-state index contributed by atoms with van der Waals surface area (Å²) in [6, 6.07) is 1.72. The van der Waals surface area contributed by atoms with E-state index in [4.69, 9.17) is 5.73 Å². The third-order valence-electron chi connectivity index (χ3n) is 7.51. The minimum Gasteiger partial charge on any atom is -0.390 e. The van der Waals surface area contributed by atoms with Gasteiger partial charge in [0.2, 0.25) is 5.91 Å². The van der Waals surface area contributed by atoms with Gasteiger partial charge in [0.1, 0.15) is 6.04 Å².